The number of rotatable bonds is 9. The van der Waals surface area contributed by atoms with Crippen molar-refractivity contribution in [2.45, 2.75) is 33.2 Å². The van der Waals surface area contributed by atoms with Gasteiger partial charge in [-0.1, -0.05) is 0 Å². The van der Waals surface area contributed by atoms with Crippen LogP contribution in [0.1, 0.15) is 31.1 Å². The molecule has 0 aliphatic heterocycles. The normalized spacial score (nSPS) is 11.1. The average Bonchev–Trinajstić information content (AvgIpc) is 3.06. The van der Waals surface area contributed by atoms with Gasteiger partial charge in [0.15, 0.2) is 5.76 Å². The first kappa shape index (κ1) is 14.8. The number of furan rings is 1. The van der Waals surface area contributed by atoms with Crippen LogP contribution in [0.5, 0.6) is 0 Å². The van der Waals surface area contributed by atoms with E-state index in [4.69, 9.17) is 9.15 Å². The lowest BCUT2D eigenvalue weighted by molar-refractivity contribution is 0.143. The van der Waals surface area contributed by atoms with Gasteiger partial charge in [-0.05, 0) is 45.4 Å². The van der Waals surface area contributed by atoms with Crippen LogP contribution in [0.4, 0.5) is 0 Å². The summed E-state index contributed by atoms with van der Waals surface area (Å²) in [6, 6.07) is 3.93. The van der Waals surface area contributed by atoms with E-state index >= 15 is 0 Å². The van der Waals surface area contributed by atoms with Gasteiger partial charge in [-0.2, -0.15) is 5.10 Å². The standard InChI is InChI=1S/C15H23N3O2/c1-3-19-9-5-4-8-16-10-13-11-17-18-15(13)14-7-6-12(2)20-14/h6-7,11,16H,3-5,8-10H2,1-2H3,(H,17,18). The van der Waals surface area contributed by atoms with Crippen LogP contribution in [0, 0.1) is 6.92 Å². The van der Waals surface area contributed by atoms with Crippen molar-refractivity contribution in [2.75, 3.05) is 19.8 Å². The van der Waals surface area contributed by atoms with E-state index < -0.39 is 0 Å². The van der Waals surface area contributed by atoms with Crippen LogP contribution in [0.2, 0.25) is 0 Å². The number of hydrogen-bond acceptors (Lipinski definition) is 4. The van der Waals surface area contributed by atoms with Gasteiger partial charge in [0, 0.05) is 25.3 Å². The third-order valence-electron chi connectivity index (χ3n) is 3.12. The van der Waals surface area contributed by atoms with E-state index in [0.717, 1.165) is 61.9 Å². The minimum Gasteiger partial charge on any atom is -0.460 e. The Balaban J connectivity index is 1.75. The summed E-state index contributed by atoms with van der Waals surface area (Å²) in [4.78, 5) is 0. The van der Waals surface area contributed by atoms with Crippen molar-refractivity contribution in [2.24, 2.45) is 0 Å². The molecule has 2 aromatic rings. The van der Waals surface area contributed by atoms with E-state index in [-0.39, 0.29) is 0 Å². The van der Waals surface area contributed by atoms with Gasteiger partial charge in [0.2, 0.25) is 0 Å². The molecule has 0 radical (unpaired) electrons. The summed E-state index contributed by atoms with van der Waals surface area (Å²) in [6.45, 7) is 7.38. The molecule has 110 valence electrons. The molecule has 0 saturated heterocycles. The molecule has 0 amide bonds. The van der Waals surface area contributed by atoms with Crippen LogP contribution < -0.4 is 5.32 Å². The zero-order chi connectivity index (χ0) is 14.2. The van der Waals surface area contributed by atoms with Crippen LogP contribution in [-0.2, 0) is 11.3 Å². The molecule has 0 atom stereocenters. The smallest absolute Gasteiger partial charge is 0.152 e. The van der Waals surface area contributed by atoms with Crippen molar-refractivity contribution >= 4 is 0 Å². The second-order valence-corrected chi connectivity index (χ2v) is 4.76. The lowest BCUT2D eigenvalue weighted by atomic mass is 10.2. The van der Waals surface area contributed by atoms with Gasteiger partial charge in [0.25, 0.3) is 0 Å². The summed E-state index contributed by atoms with van der Waals surface area (Å²) in [5.74, 6) is 1.75. The molecule has 0 aliphatic rings. The van der Waals surface area contributed by atoms with Crippen LogP contribution in [0.25, 0.3) is 11.5 Å². The fourth-order valence-electron chi connectivity index (χ4n) is 2.05. The van der Waals surface area contributed by atoms with Crippen molar-refractivity contribution < 1.29 is 9.15 Å². The van der Waals surface area contributed by atoms with Gasteiger partial charge in [0.05, 0.1) is 6.20 Å². The summed E-state index contributed by atoms with van der Waals surface area (Å²) in [5.41, 5.74) is 2.09. The molecule has 0 bridgehead atoms. The van der Waals surface area contributed by atoms with Crippen molar-refractivity contribution in [3.05, 3.63) is 29.7 Å². The average molecular weight is 277 g/mol. The molecular formula is C15H23N3O2. The van der Waals surface area contributed by atoms with Crippen LogP contribution in [0.15, 0.2) is 22.7 Å². The summed E-state index contributed by atoms with van der Waals surface area (Å²) >= 11 is 0. The third-order valence-corrected chi connectivity index (χ3v) is 3.12. The SMILES string of the molecule is CCOCCCCNCc1cn[nH]c1-c1ccc(C)o1. The number of aryl methyl sites for hydroxylation is 1. The highest BCUT2D eigenvalue weighted by atomic mass is 16.5. The predicted molar refractivity (Wildman–Crippen MR) is 78.5 cm³/mol. The molecule has 2 heterocycles. The Labute approximate surface area is 119 Å². The maximum absolute atomic E-state index is 5.62. The lowest BCUT2D eigenvalue weighted by Gasteiger charge is -2.05. The third kappa shape index (κ3) is 4.21. The van der Waals surface area contributed by atoms with E-state index in [9.17, 15) is 0 Å². The Hall–Kier alpha value is -1.59. The Morgan fingerprint density at radius 1 is 1.35 bits per heavy atom. The first-order valence-corrected chi connectivity index (χ1v) is 7.18. The number of nitrogens with one attached hydrogen (secondary N) is 2. The molecular weight excluding hydrogens is 254 g/mol. The highest BCUT2D eigenvalue weighted by Crippen LogP contribution is 2.23. The number of aromatic amines is 1. The van der Waals surface area contributed by atoms with Crippen LogP contribution in [0.3, 0.4) is 0 Å². The molecule has 5 heteroatoms. The van der Waals surface area contributed by atoms with Crippen LogP contribution >= 0.6 is 0 Å². The van der Waals surface area contributed by atoms with Gasteiger partial charge < -0.3 is 14.5 Å². The van der Waals surface area contributed by atoms with Gasteiger partial charge in [-0.3, -0.25) is 5.10 Å². The van der Waals surface area contributed by atoms with Crippen molar-refractivity contribution in [3.63, 3.8) is 0 Å². The van der Waals surface area contributed by atoms with E-state index in [1.807, 2.05) is 32.2 Å². The molecule has 0 fully saturated rings. The van der Waals surface area contributed by atoms with Gasteiger partial charge in [-0.25, -0.2) is 0 Å². The summed E-state index contributed by atoms with van der Waals surface area (Å²) in [6.07, 6.45) is 4.06. The lowest BCUT2D eigenvalue weighted by Crippen LogP contribution is -2.15. The summed E-state index contributed by atoms with van der Waals surface area (Å²) in [7, 11) is 0. The van der Waals surface area contributed by atoms with E-state index in [1.165, 1.54) is 0 Å². The zero-order valence-electron chi connectivity index (χ0n) is 12.2. The maximum Gasteiger partial charge on any atom is 0.152 e. The Kier molecular flexibility index (Phi) is 5.83. The summed E-state index contributed by atoms with van der Waals surface area (Å²) < 4.78 is 10.9. The van der Waals surface area contributed by atoms with Gasteiger partial charge in [0.1, 0.15) is 11.5 Å². The fourth-order valence-corrected chi connectivity index (χ4v) is 2.05. The highest BCUT2D eigenvalue weighted by Gasteiger charge is 2.10. The number of nitrogens with zero attached hydrogens (tertiary/aromatic N) is 1. The maximum atomic E-state index is 5.62. The molecule has 0 aromatic carbocycles. The van der Waals surface area contributed by atoms with Gasteiger partial charge in [-0.15, -0.1) is 0 Å². The van der Waals surface area contributed by atoms with Gasteiger partial charge >= 0.3 is 0 Å². The molecule has 0 unspecified atom stereocenters. The van der Waals surface area contributed by atoms with E-state index in [1.54, 1.807) is 0 Å². The quantitative estimate of drug-likeness (QED) is 0.692. The number of H-pyrrole nitrogens is 1. The topological polar surface area (TPSA) is 63.1 Å². The monoisotopic (exact) mass is 277 g/mol. The second kappa shape index (κ2) is 7.87. The minimum atomic E-state index is 0.792. The zero-order valence-corrected chi connectivity index (χ0v) is 12.2. The molecule has 0 spiro atoms. The fraction of sp³-hybridized carbons (Fsp3) is 0.533. The molecule has 5 nitrogen and oxygen atoms in total. The number of ether oxygens (including phenoxy) is 1. The van der Waals surface area contributed by atoms with E-state index in [2.05, 4.69) is 15.5 Å². The highest BCUT2D eigenvalue weighted by molar-refractivity contribution is 5.56. The number of hydrogen-bond donors (Lipinski definition) is 2. The molecule has 2 aromatic heterocycles. The van der Waals surface area contributed by atoms with Crippen molar-refractivity contribution in [3.8, 4) is 11.5 Å². The van der Waals surface area contributed by atoms with Crippen LogP contribution in [-0.4, -0.2) is 30.0 Å². The second-order valence-electron chi connectivity index (χ2n) is 4.76. The van der Waals surface area contributed by atoms with Crippen molar-refractivity contribution in [1.29, 1.82) is 0 Å². The molecule has 2 rings (SSSR count). The molecule has 0 saturated carbocycles. The number of unbranched alkanes of at least 4 members (excludes halogenated alkanes) is 1. The largest absolute Gasteiger partial charge is 0.460 e. The molecule has 2 N–H and O–H groups in total. The Morgan fingerprint density at radius 3 is 3.00 bits per heavy atom. The minimum absolute atomic E-state index is 0.792. The number of aromatic nitrogens is 2. The predicted octanol–water partition coefficient (Wildman–Crippen LogP) is 2.88. The van der Waals surface area contributed by atoms with Crippen molar-refractivity contribution in [1.82, 2.24) is 15.5 Å². The Bertz CT molecular complexity index is 505. The molecule has 0 aliphatic carbocycles. The molecule has 20 heavy (non-hydrogen) atoms. The first-order chi connectivity index (χ1) is 9.81. The Morgan fingerprint density at radius 2 is 2.25 bits per heavy atom. The van der Waals surface area contributed by atoms with E-state index in [0.29, 0.717) is 0 Å². The first-order valence-electron chi connectivity index (χ1n) is 7.18. The summed E-state index contributed by atoms with van der Waals surface area (Å²) in [5, 5.41) is 10.5.